The van der Waals surface area contributed by atoms with Crippen molar-refractivity contribution in [3.63, 3.8) is 0 Å². The highest BCUT2D eigenvalue weighted by Gasteiger charge is 2.30. The van der Waals surface area contributed by atoms with Gasteiger partial charge in [-0.05, 0) is 37.5 Å². The number of imidazole rings is 1. The molecule has 1 N–H and O–H groups in total. The minimum Gasteiger partial charge on any atom is -0.378 e. The summed E-state index contributed by atoms with van der Waals surface area (Å²) < 4.78 is 7.21. The molecule has 0 unspecified atom stereocenters. The molecule has 0 atom stereocenters. The molecule has 8 heteroatoms. The highest BCUT2D eigenvalue weighted by Crippen LogP contribution is 2.23. The first-order chi connectivity index (χ1) is 13.7. The van der Waals surface area contributed by atoms with Crippen LogP contribution in [0, 0.1) is 11.3 Å². The van der Waals surface area contributed by atoms with Gasteiger partial charge in [0.1, 0.15) is 0 Å². The Bertz CT molecular complexity index is 953. The highest BCUT2D eigenvalue weighted by atomic mass is 16.5. The van der Waals surface area contributed by atoms with Gasteiger partial charge in [0.15, 0.2) is 11.5 Å². The summed E-state index contributed by atoms with van der Waals surface area (Å²) in [5, 5.41) is 11.8. The quantitative estimate of drug-likeness (QED) is 0.877. The molecule has 0 radical (unpaired) electrons. The van der Waals surface area contributed by atoms with Gasteiger partial charge in [0.2, 0.25) is 0 Å². The number of nitrogens with one attached hydrogen (secondary N) is 1. The van der Waals surface area contributed by atoms with Crippen LogP contribution in [0.5, 0.6) is 0 Å². The van der Waals surface area contributed by atoms with E-state index in [1.54, 1.807) is 29.2 Å². The fraction of sp³-hybridized carbons (Fsp3) is 0.400. The van der Waals surface area contributed by atoms with Gasteiger partial charge in [-0.1, -0.05) is 6.07 Å². The molecule has 2 aromatic rings. The summed E-state index contributed by atoms with van der Waals surface area (Å²) in [6.07, 6.45) is 2.63. The number of carbonyl (C=O) groups is 2. The van der Waals surface area contributed by atoms with E-state index >= 15 is 0 Å². The van der Waals surface area contributed by atoms with Crippen LogP contribution in [0.3, 0.4) is 0 Å². The SMILES string of the molecule is N#Cc1cccc(NC(=O)c2nc(C(=O)N3CCOCC3)n3c2CCCC3)c1. The fourth-order valence-electron chi connectivity index (χ4n) is 3.65. The minimum absolute atomic E-state index is 0.156. The van der Waals surface area contributed by atoms with Gasteiger partial charge in [0, 0.05) is 25.3 Å². The van der Waals surface area contributed by atoms with Crippen molar-refractivity contribution in [2.24, 2.45) is 0 Å². The molecule has 1 aromatic heterocycles. The Labute approximate surface area is 162 Å². The van der Waals surface area contributed by atoms with E-state index in [1.165, 1.54) is 0 Å². The van der Waals surface area contributed by atoms with Crippen LogP contribution in [-0.4, -0.2) is 52.6 Å². The van der Waals surface area contributed by atoms with Gasteiger partial charge in [-0.2, -0.15) is 5.26 Å². The van der Waals surface area contributed by atoms with E-state index in [-0.39, 0.29) is 11.8 Å². The zero-order valence-electron chi connectivity index (χ0n) is 15.5. The van der Waals surface area contributed by atoms with Crippen molar-refractivity contribution >= 4 is 17.5 Å². The van der Waals surface area contributed by atoms with Gasteiger partial charge in [0.05, 0.1) is 30.5 Å². The summed E-state index contributed by atoms with van der Waals surface area (Å²) in [5.74, 6) is -0.189. The standard InChI is InChI=1S/C20H21N5O3/c21-13-14-4-3-5-15(12-14)22-19(26)17-16-6-1-2-7-25(16)18(23-17)20(27)24-8-10-28-11-9-24/h3-5,12H,1-2,6-11H2,(H,22,26). The molecule has 0 spiro atoms. The number of hydrogen-bond acceptors (Lipinski definition) is 5. The molecule has 2 aliphatic heterocycles. The molecule has 2 aliphatic rings. The average Bonchev–Trinajstić information content (AvgIpc) is 3.14. The van der Waals surface area contributed by atoms with Crippen molar-refractivity contribution in [1.29, 1.82) is 5.26 Å². The van der Waals surface area contributed by atoms with E-state index in [0.29, 0.717) is 62.0 Å². The zero-order valence-corrected chi connectivity index (χ0v) is 15.5. The Morgan fingerprint density at radius 1 is 1.18 bits per heavy atom. The molecule has 1 saturated heterocycles. The van der Waals surface area contributed by atoms with Gasteiger partial charge in [-0.3, -0.25) is 9.59 Å². The molecular formula is C20H21N5O3. The van der Waals surface area contributed by atoms with Crippen LogP contribution >= 0.6 is 0 Å². The third kappa shape index (κ3) is 3.49. The first-order valence-corrected chi connectivity index (χ1v) is 9.45. The third-order valence-electron chi connectivity index (χ3n) is 5.07. The monoisotopic (exact) mass is 379 g/mol. The number of nitrogens with zero attached hydrogens (tertiary/aromatic N) is 4. The Morgan fingerprint density at radius 3 is 2.79 bits per heavy atom. The number of benzene rings is 1. The van der Waals surface area contributed by atoms with Crippen LogP contribution < -0.4 is 5.32 Å². The van der Waals surface area contributed by atoms with Crippen molar-refractivity contribution in [2.75, 3.05) is 31.6 Å². The molecule has 1 aromatic carbocycles. The Hall–Kier alpha value is -3.18. The zero-order chi connectivity index (χ0) is 19.5. The van der Waals surface area contributed by atoms with Crippen molar-refractivity contribution in [1.82, 2.24) is 14.5 Å². The molecule has 4 rings (SSSR count). The lowest BCUT2D eigenvalue weighted by molar-refractivity contribution is 0.0291. The van der Waals surface area contributed by atoms with Gasteiger partial charge >= 0.3 is 0 Å². The molecule has 0 bridgehead atoms. The minimum atomic E-state index is -0.359. The summed E-state index contributed by atoms with van der Waals surface area (Å²) in [4.78, 5) is 32.0. The van der Waals surface area contributed by atoms with Crippen LogP contribution in [0.15, 0.2) is 24.3 Å². The van der Waals surface area contributed by atoms with Gasteiger partial charge in [-0.15, -0.1) is 0 Å². The second-order valence-electron chi connectivity index (χ2n) is 6.89. The summed E-state index contributed by atoms with van der Waals surface area (Å²) >= 11 is 0. The summed E-state index contributed by atoms with van der Waals surface area (Å²) in [6.45, 7) is 2.78. The molecular weight excluding hydrogens is 358 g/mol. The number of nitriles is 1. The maximum absolute atomic E-state index is 13.0. The number of rotatable bonds is 3. The largest absolute Gasteiger partial charge is 0.378 e. The average molecular weight is 379 g/mol. The number of aromatic nitrogens is 2. The topological polar surface area (TPSA) is 100 Å². The lowest BCUT2D eigenvalue weighted by Crippen LogP contribution is -2.42. The first-order valence-electron chi connectivity index (χ1n) is 9.45. The van der Waals surface area contributed by atoms with Gasteiger partial charge < -0.3 is 19.5 Å². The van der Waals surface area contributed by atoms with E-state index in [0.717, 1.165) is 18.5 Å². The molecule has 144 valence electrons. The van der Waals surface area contributed by atoms with E-state index in [4.69, 9.17) is 10.00 Å². The van der Waals surface area contributed by atoms with Gasteiger partial charge in [-0.25, -0.2) is 4.98 Å². The highest BCUT2D eigenvalue weighted by molar-refractivity contribution is 6.05. The molecule has 28 heavy (non-hydrogen) atoms. The molecule has 0 saturated carbocycles. The number of morpholine rings is 1. The predicted molar refractivity (Wildman–Crippen MR) is 101 cm³/mol. The van der Waals surface area contributed by atoms with E-state index < -0.39 is 0 Å². The number of ether oxygens (including phenoxy) is 1. The number of carbonyl (C=O) groups excluding carboxylic acids is 2. The Balaban J connectivity index is 1.63. The summed E-state index contributed by atoms with van der Waals surface area (Å²) in [7, 11) is 0. The third-order valence-corrected chi connectivity index (χ3v) is 5.07. The summed E-state index contributed by atoms with van der Waals surface area (Å²) in [5.41, 5.74) is 2.09. The Kier molecular flexibility index (Phi) is 5.08. The molecule has 3 heterocycles. The van der Waals surface area contributed by atoms with Crippen molar-refractivity contribution < 1.29 is 14.3 Å². The van der Waals surface area contributed by atoms with E-state index in [9.17, 15) is 9.59 Å². The lowest BCUT2D eigenvalue weighted by atomic mass is 10.1. The van der Waals surface area contributed by atoms with Crippen molar-refractivity contribution in [2.45, 2.75) is 25.8 Å². The van der Waals surface area contributed by atoms with Crippen LogP contribution in [0.2, 0.25) is 0 Å². The number of anilines is 1. The molecule has 1 fully saturated rings. The maximum Gasteiger partial charge on any atom is 0.290 e. The van der Waals surface area contributed by atoms with E-state index in [1.807, 2.05) is 4.57 Å². The van der Waals surface area contributed by atoms with Gasteiger partial charge in [0.25, 0.3) is 11.8 Å². The van der Waals surface area contributed by atoms with Crippen molar-refractivity contribution in [3.8, 4) is 6.07 Å². The fourth-order valence-corrected chi connectivity index (χ4v) is 3.65. The maximum atomic E-state index is 13.0. The second kappa shape index (κ2) is 7.82. The van der Waals surface area contributed by atoms with Crippen molar-refractivity contribution in [3.05, 3.63) is 47.0 Å². The lowest BCUT2D eigenvalue weighted by Gasteiger charge is -2.27. The molecule has 2 amide bonds. The smallest absolute Gasteiger partial charge is 0.290 e. The number of fused-ring (bicyclic) bond motifs is 1. The number of hydrogen-bond donors (Lipinski definition) is 1. The second-order valence-corrected chi connectivity index (χ2v) is 6.89. The van der Waals surface area contributed by atoms with E-state index in [2.05, 4.69) is 16.4 Å². The van der Waals surface area contributed by atoms with Crippen LogP contribution in [0.25, 0.3) is 0 Å². The van der Waals surface area contributed by atoms with Crippen LogP contribution in [-0.2, 0) is 17.7 Å². The number of amides is 2. The molecule has 8 nitrogen and oxygen atoms in total. The Morgan fingerprint density at radius 2 is 2.00 bits per heavy atom. The van der Waals surface area contributed by atoms with Crippen LogP contribution in [0.4, 0.5) is 5.69 Å². The predicted octanol–water partition coefficient (Wildman–Crippen LogP) is 1.82. The molecule has 0 aliphatic carbocycles. The summed E-state index contributed by atoms with van der Waals surface area (Å²) in [6, 6.07) is 8.78. The normalized spacial score (nSPS) is 16.2. The van der Waals surface area contributed by atoms with Crippen LogP contribution in [0.1, 0.15) is 45.2 Å². The first kappa shape index (κ1) is 18.2.